The first-order valence-corrected chi connectivity index (χ1v) is 6.43. The van der Waals surface area contributed by atoms with Crippen LogP contribution >= 0.6 is 0 Å². The highest BCUT2D eigenvalue weighted by molar-refractivity contribution is 5.66. The fraction of sp³-hybridized carbons (Fsp3) is 0.533. The third-order valence-corrected chi connectivity index (χ3v) is 2.84. The molecule has 0 aliphatic rings. The lowest BCUT2D eigenvalue weighted by Gasteiger charge is -2.29. The highest BCUT2D eigenvalue weighted by atomic mass is 16.5. The van der Waals surface area contributed by atoms with Crippen LogP contribution in [0.25, 0.3) is 0 Å². The zero-order chi connectivity index (χ0) is 14.5. The van der Waals surface area contributed by atoms with Crippen molar-refractivity contribution in [2.75, 3.05) is 0 Å². The van der Waals surface area contributed by atoms with Crippen LogP contribution < -0.4 is 0 Å². The summed E-state index contributed by atoms with van der Waals surface area (Å²) < 4.78 is 5.27. The van der Waals surface area contributed by atoms with Crippen LogP contribution in [0, 0.1) is 0 Å². The Morgan fingerprint density at radius 3 is 2.37 bits per heavy atom. The Hall–Kier alpha value is -1.39. The number of benzene rings is 1. The van der Waals surface area contributed by atoms with Gasteiger partial charge in [0, 0.05) is 19.8 Å². The summed E-state index contributed by atoms with van der Waals surface area (Å²) in [6.45, 7) is 4.61. The van der Waals surface area contributed by atoms with Crippen molar-refractivity contribution in [3.63, 3.8) is 0 Å². The van der Waals surface area contributed by atoms with Crippen molar-refractivity contribution in [2.24, 2.45) is 0 Å². The number of hydrogen-bond acceptors (Lipinski definition) is 4. The molecule has 0 aliphatic carbocycles. The molecule has 19 heavy (non-hydrogen) atoms. The summed E-state index contributed by atoms with van der Waals surface area (Å²) in [5, 5.41) is 19.7. The molecule has 106 valence electrons. The number of ether oxygens (including phenoxy) is 1. The number of rotatable bonds is 6. The summed E-state index contributed by atoms with van der Waals surface area (Å²) in [5.41, 5.74) is -0.256. The first kappa shape index (κ1) is 15.7. The maximum Gasteiger partial charge on any atom is 0.303 e. The Kier molecular flexibility index (Phi) is 5.51. The average Bonchev–Trinajstić information content (AvgIpc) is 2.26. The number of esters is 1. The van der Waals surface area contributed by atoms with Gasteiger partial charge in [-0.3, -0.25) is 4.79 Å². The molecule has 0 aromatic heterocycles. The van der Waals surface area contributed by atoms with Crippen molar-refractivity contribution in [2.45, 2.75) is 51.4 Å². The molecule has 0 unspecified atom stereocenters. The van der Waals surface area contributed by atoms with E-state index in [1.165, 1.54) is 6.92 Å². The van der Waals surface area contributed by atoms with Gasteiger partial charge in [-0.05, 0) is 19.4 Å². The molecule has 4 heteroatoms. The highest BCUT2D eigenvalue weighted by Gasteiger charge is 2.29. The molecule has 1 rings (SSSR count). The van der Waals surface area contributed by atoms with Gasteiger partial charge in [0.1, 0.15) is 6.10 Å². The lowest BCUT2D eigenvalue weighted by atomic mass is 9.89. The molecule has 0 saturated carbocycles. The van der Waals surface area contributed by atoms with E-state index in [2.05, 4.69) is 0 Å². The van der Waals surface area contributed by atoms with Crippen LogP contribution in [0.3, 0.4) is 0 Å². The summed E-state index contributed by atoms with van der Waals surface area (Å²) in [6, 6.07) is 9.30. The van der Waals surface area contributed by atoms with E-state index in [9.17, 15) is 15.0 Å². The fourth-order valence-corrected chi connectivity index (χ4v) is 2.21. The third-order valence-electron chi connectivity index (χ3n) is 2.84. The number of aliphatic hydroxyl groups is 2. The molecule has 0 fully saturated rings. The van der Waals surface area contributed by atoms with Crippen LogP contribution in [-0.2, 0) is 9.53 Å². The zero-order valence-corrected chi connectivity index (χ0v) is 11.7. The van der Waals surface area contributed by atoms with Crippen molar-refractivity contribution in [1.82, 2.24) is 0 Å². The summed E-state index contributed by atoms with van der Waals surface area (Å²) in [7, 11) is 0. The van der Waals surface area contributed by atoms with E-state index < -0.39 is 17.8 Å². The number of hydrogen-bond donors (Lipinski definition) is 2. The molecule has 0 spiro atoms. The van der Waals surface area contributed by atoms with Gasteiger partial charge in [0.05, 0.1) is 11.7 Å². The summed E-state index contributed by atoms with van der Waals surface area (Å²) in [4.78, 5) is 11.2. The van der Waals surface area contributed by atoms with Crippen LogP contribution in [0.5, 0.6) is 0 Å². The Morgan fingerprint density at radius 2 is 1.89 bits per heavy atom. The van der Waals surface area contributed by atoms with E-state index >= 15 is 0 Å². The van der Waals surface area contributed by atoms with Crippen molar-refractivity contribution in [1.29, 1.82) is 0 Å². The quantitative estimate of drug-likeness (QED) is 0.775. The van der Waals surface area contributed by atoms with Gasteiger partial charge >= 0.3 is 5.97 Å². The lowest BCUT2D eigenvalue weighted by Crippen LogP contribution is -2.32. The molecule has 2 N–H and O–H groups in total. The Bertz CT molecular complexity index is 398. The smallest absolute Gasteiger partial charge is 0.303 e. The van der Waals surface area contributed by atoms with Crippen molar-refractivity contribution in [3.8, 4) is 0 Å². The lowest BCUT2D eigenvalue weighted by molar-refractivity contribution is -0.150. The second-order valence-corrected chi connectivity index (χ2v) is 5.26. The molecule has 0 radical (unpaired) electrons. The standard InChI is InChI=1S/C15H22O4/c1-11(16)9-15(3,18)10-14(19-12(2)17)13-7-5-4-6-8-13/h4-8,11,14,16,18H,9-10H2,1-3H3/t11-,14-,15-/m1/s1. The fourth-order valence-electron chi connectivity index (χ4n) is 2.21. The third kappa shape index (κ3) is 5.85. The maximum atomic E-state index is 11.2. The summed E-state index contributed by atoms with van der Waals surface area (Å²) in [6.07, 6.45) is -0.629. The van der Waals surface area contributed by atoms with Crippen LogP contribution in [0.1, 0.15) is 45.3 Å². The first-order valence-electron chi connectivity index (χ1n) is 6.43. The maximum absolute atomic E-state index is 11.2. The molecule has 3 atom stereocenters. The van der Waals surface area contributed by atoms with Gasteiger partial charge in [-0.15, -0.1) is 0 Å². The topological polar surface area (TPSA) is 66.8 Å². The molecule has 0 heterocycles. The number of carbonyl (C=O) groups excluding carboxylic acids is 1. The van der Waals surface area contributed by atoms with Gasteiger partial charge in [-0.1, -0.05) is 30.3 Å². The first-order chi connectivity index (χ1) is 8.80. The van der Waals surface area contributed by atoms with E-state index in [1.54, 1.807) is 13.8 Å². The van der Waals surface area contributed by atoms with E-state index in [0.717, 1.165) is 5.56 Å². The molecule has 0 saturated heterocycles. The molecule has 1 aromatic carbocycles. The van der Waals surface area contributed by atoms with E-state index in [1.807, 2.05) is 30.3 Å². The largest absolute Gasteiger partial charge is 0.458 e. The molecule has 4 nitrogen and oxygen atoms in total. The normalized spacial score (nSPS) is 17.3. The molecular formula is C15H22O4. The van der Waals surface area contributed by atoms with Crippen molar-refractivity contribution < 1.29 is 19.7 Å². The van der Waals surface area contributed by atoms with Gasteiger partial charge in [-0.25, -0.2) is 0 Å². The minimum Gasteiger partial charge on any atom is -0.458 e. The zero-order valence-electron chi connectivity index (χ0n) is 11.7. The number of aliphatic hydroxyl groups excluding tert-OH is 1. The van der Waals surface area contributed by atoms with E-state index in [-0.39, 0.29) is 18.8 Å². The second kappa shape index (κ2) is 6.68. The average molecular weight is 266 g/mol. The molecule has 0 bridgehead atoms. The monoisotopic (exact) mass is 266 g/mol. The Balaban J connectivity index is 2.84. The van der Waals surface area contributed by atoms with Crippen LogP contribution in [0.2, 0.25) is 0 Å². The van der Waals surface area contributed by atoms with Crippen molar-refractivity contribution >= 4 is 5.97 Å². The molecule has 0 aliphatic heterocycles. The summed E-state index contributed by atoms with van der Waals surface area (Å²) in [5.74, 6) is -0.387. The van der Waals surface area contributed by atoms with Gasteiger partial charge < -0.3 is 14.9 Å². The predicted molar refractivity (Wildman–Crippen MR) is 72.5 cm³/mol. The molecule has 1 aromatic rings. The second-order valence-electron chi connectivity index (χ2n) is 5.26. The number of carbonyl (C=O) groups is 1. The van der Waals surface area contributed by atoms with Gasteiger partial charge in [0.2, 0.25) is 0 Å². The predicted octanol–water partition coefficient (Wildman–Crippen LogP) is 2.20. The molecular weight excluding hydrogens is 244 g/mol. The van der Waals surface area contributed by atoms with Crippen LogP contribution in [-0.4, -0.2) is 27.9 Å². The molecule has 0 amide bonds. The highest BCUT2D eigenvalue weighted by Crippen LogP contribution is 2.30. The van der Waals surface area contributed by atoms with Crippen LogP contribution in [0.15, 0.2) is 30.3 Å². The Labute approximate surface area is 114 Å². The SMILES string of the molecule is CC(=O)O[C@H](C[C@](C)(O)C[C@@H](C)O)c1ccccc1. The Morgan fingerprint density at radius 1 is 1.32 bits per heavy atom. The van der Waals surface area contributed by atoms with E-state index in [4.69, 9.17) is 4.74 Å². The van der Waals surface area contributed by atoms with Crippen molar-refractivity contribution in [3.05, 3.63) is 35.9 Å². The minimum atomic E-state index is -1.09. The van der Waals surface area contributed by atoms with Crippen LogP contribution in [0.4, 0.5) is 0 Å². The minimum absolute atomic E-state index is 0.234. The van der Waals surface area contributed by atoms with Gasteiger partial charge in [-0.2, -0.15) is 0 Å². The van der Waals surface area contributed by atoms with Gasteiger partial charge in [0.25, 0.3) is 0 Å². The summed E-state index contributed by atoms with van der Waals surface area (Å²) >= 11 is 0. The van der Waals surface area contributed by atoms with Gasteiger partial charge in [0.15, 0.2) is 0 Å². The van der Waals surface area contributed by atoms with E-state index in [0.29, 0.717) is 0 Å².